The van der Waals surface area contributed by atoms with Crippen molar-refractivity contribution in [3.05, 3.63) is 57.2 Å². The van der Waals surface area contributed by atoms with Crippen molar-refractivity contribution in [3.63, 3.8) is 0 Å². The molecule has 1 fully saturated rings. The normalized spacial score (nSPS) is 16.4. The van der Waals surface area contributed by atoms with Crippen LogP contribution in [0.2, 0.25) is 5.02 Å². The quantitative estimate of drug-likeness (QED) is 0.852. The largest absolute Gasteiger partial charge is 0.344 e. The molecule has 0 spiro atoms. The molecule has 1 amide bonds. The Labute approximate surface area is 151 Å². The second kappa shape index (κ2) is 8.69. The number of carbonyl (C=O) groups excluding carboxylic acids is 1. The lowest BCUT2D eigenvalue weighted by atomic mass is 9.96. The summed E-state index contributed by atoms with van der Waals surface area (Å²) in [5.74, 6) is 0.255. The highest BCUT2D eigenvalue weighted by atomic mass is 35.5. The van der Waals surface area contributed by atoms with Crippen LogP contribution < -0.4 is 10.6 Å². The smallest absolute Gasteiger partial charge is 0.223 e. The highest BCUT2D eigenvalue weighted by Gasteiger charge is 2.25. The van der Waals surface area contributed by atoms with Crippen molar-refractivity contribution in [2.24, 2.45) is 5.92 Å². The van der Waals surface area contributed by atoms with Gasteiger partial charge in [-0.2, -0.15) is 0 Å². The molecule has 3 nitrogen and oxygen atoms in total. The first-order valence-electron chi connectivity index (χ1n) is 7.54. The van der Waals surface area contributed by atoms with Crippen LogP contribution in [0, 0.1) is 5.92 Å². The fourth-order valence-electron chi connectivity index (χ4n) is 2.77. The van der Waals surface area contributed by atoms with Gasteiger partial charge in [0.15, 0.2) is 0 Å². The van der Waals surface area contributed by atoms with Crippen molar-refractivity contribution in [1.82, 2.24) is 10.6 Å². The Balaban J connectivity index is 0.00000192. The molecule has 0 aliphatic carbocycles. The first-order valence-corrected chi connectivity index (χ1v) is 8.80. The predicted octanol–water partition coefficient (Wildman–Crippen LogP) is 4.03. The van der Waals surface area contributed by atoms with Crippen molar-refractivity contribution in [1.29, 1.82) is 0 Å². The maximum atomic E-state index is 12.6. The molecule has 0 saturated carbocycles. The van der Waals surface area contributed by atoms with E-state index in [1.807, 2.05) is 35.7 Å². The van der Waals surface area contributed by atoms with E-state index in [0.717, 1.165) is 36.4 Å². The topological polar surface area (TPSA) is 41.1 Å². The van der Waals surface area contributed by atoms with Crippen LogP contribution in [-0.4, -0.2) is 19.0 Å². The maximum Gasteiger partial charge on any atom is 0.223 e. The Morgan fingerprint density at radius 2 is 1.91 bits per heavy atom. The number of rotatable bonds is 4. The van der Waals surface area contributed by atoms with Crippen molar-refractivity contribution < 1.29 is 4.79 Å². The molecule has 2 N–H and O–H groups in total. The molecule has 1 aliphatic rings. The molecular weight excluding hydrogens is 351 g/mol. The Morgan fingerprint density at radius 1 is 1.22 bits per heavy atom. The third-order valence-corrected chi connectivity index (χ3v) is 5.22. The number of thiophene rings is 1. The standard InChI is InChI=1S/C17H19ClN2OS.ClH/c18-14-5-3-12(4-6-14)16(15-2-1-11-22-15)20-17(21)13-7-9-19-10-8-13;/h1-6,11,13,16,19H,7-10H2,(H,20,21);1H. The van der Waals surface area contributed by atoms with Crippen LogP contribution in [0.1, 0.15) is 29.3 Å². The zero-order valence-corrected chi connectivity index (χ0v) is 15.0. The summed E-state index contributed by atoms with van der Waals surface area (Å²) in [7, 11) is 0. The summed E-state index contributed by atoms with van der Waals surface area (Å²) in [6.45, 7) is 1.84. The summed E-state index contributed by atoms with van der Waals surface area (Å²) in [5, 5.41) is 9.26. The van der Waals surface area contributed by atoms with Crippen molar-refractivity contribution in [2.45, 2.75) is 18.9 Å². The second-order valence-corrected chi connectivity index (χ2v) is 6.95. The summed E-state index contributed by atoms with van der Waals surface area (Å²) < 4.78 is 0. The summed E-state index contributed by atoms with van der Waals surface area (Å²) >= 11 is 7.64. The minimum absolute atomic E-state index is 0. The van der Waals surface area contributed by atoms with Crippen LogP contribution in [0.5, 0.6) is 0 Å². The molecular formula is C17H20Cl2N2OS. The average Bonchev–Trinajstić information content (AvgIpc) is 3.08. The molecule has 124 valence electrons. The number of piperidine rings is 1. The number of carbonyl (C=O) groups is 1. The Kier molecular flexibility index (Phi) is 6.90. The third-order valence-electron chi connectivity index (χ3n) is 4.03. The van der Waals surface area contributed by atoms with Gasteiger partial charge in [-0.15, -0.1) is 23.7 Å². The second-order valence-electron chi connectivity index (χ2n) is 5.53. The van der Waals surface area contributed by atoms with Crippen molar-refractivity contribution in [3.8, 4) is 0 Å². The maximum absolute atomic E-state index is 12.6. The van der Waals surface area contributed by atoms with Crippen LogP contribution >= 0.6 is 35.3 Å². The van der Waals surface area contributed by atoms with Gasteiger partial charge in [0.05, 0.1) is 6.04 Å². The minimum atomic E-state index is -0.0975. The molecule has 6 heteroatoms. The van der Waals surface area contributed by atoms with E-state index in [1.54, 1.807) is 11.3 Å². The van der Waals surface area contributed by atoms with Gasteiger partial charge >= 0.3 is 0 Å². The molecule has 1 aliphatic heterocycles. The van der Waals surface area contributed by atoms with Gasteiger partial charge in [0, 0.05) is 15.8 Å². The number of hydrogen-bond acceptors (Lipinski definition) is 3. The van der Waals surface area contributed by atoms with Crippen LogP contribution in [0.4, 0.5) is 0 Å². The molecule has 0 radical (unpaired) electrons. The van der Waals surface area contributed by atoms with E-state index in [2.05, 4.69) is 16.7 Å². The van der Waals surface area contributed by atoms with Crippen LogP contribution in [-0.2, 0) is 4.79 Å². The van der Waals surface area contributed by atoms with Crippen molar-refractivity contribution in [2.75, 3.05) is 13.1 Å². The van der Waals surface area contributed by atoms with E-state index in [4.69, 9.17) is 11.6 Å². The molecule has 1 atom stereocenters. The summed E-state index contributed by atoms with van der Waals surface area (Å²) in [4.78, 5) is 13.7. The molecule has 2 heterocycles. The van der Waals surface area contributed by atoms with Crippen LogP contribution in [0.15, 0.2) is 41.8 Å². The van der Waals surface area contributed by atoms with Gasteiger partial charge in [0.1, 0.15) is 0 Å². The van der Waals surface area contributed by atoms with Gasteiger partial charge in [-0.05, 0) is 55.1 Å². The molecule has 1 saturated heterocycles. The minimum Gasteiger partial charge on any atom is -0.344 e. The first kappa shape index (κ1) is 18.3. The third kappa shape index (κ3) is 4.70. The lowest BCUT2D eigenvalue weighted by molar-refractivity contribution is -0.126. The Hall–Kier alpha value is -1.07. The SMILES string of the molecule is Cl.O=C(NC(c1ccc(Cl)cc1)c1cccs1)C1CCNCC1. The van der Waals surface area contributed by atoms with E-state index in [9.17, 15) is 4.79 Å². The number of hydrogen-bond donors (Lipinski definition) is 2. The Bertz CT molecular complexity index is 610. The van der Waals surface area contributed by atoms with Gasteiger partial charge in [-0.25, -0.2) is 0 Å². The zero-order chi connectivity index (χ0) is 15.4. The Morgan fingerprint density at radius 3 is 2.52 bits per heavy atom. The van der Waals surface area contributed by atoms with Gasteiger partial charge in [0.2, 0.25) is 5.91 Å². The fourth-order valence-corrected chi connectivity index (χ4v) is 3.70. The molecule has 1 aromatic carbocycles. The number of benzene rings is 1. The average molecular weight is 371 g/mol. The molecule has 0 bridgehead atoms. The fraction of sp³-hybridized carbons (Fsp3) is 0.353. The van der Waals surface area contributed by atoms with E-state index in [0.29, 0.717) is 5.02 Å². The predicted molar refractivity (Wildman–Crippen MR) is 98.6 cm³/mol. The zero-order valence-electron chi connectivity index (χ0n) is 12.6. The van der Waals surface area contributed by atoms with E-state index in [1.165, 1.54) is 0 Å². The van der Waals surface area contributed by atoms with Gasteiger partial charge in [-0.3, -0.25) is 4.79 Å². The van der Waals surface area contributed by atoms with Crippen molar-refractivity contribution >= 4 is 41.3 Å². The molecule has 23 heavy (non-hydrogen) atoms. The first-order chi connectivity index (χ1) is 10.7. The number of nitrogens with one attached hydrogen (secondary N) is 2. The number of amides is 1. The van der Waals surface area contributed by atoms with E-state index in [-0.39, 0.29) is 30.3 Å². The molecule has 1 unspecified atom stereocenters. The lowest BCUT2D eigenvalue weighted by Crippen LogP contribution is -2.39. The summed E-state index contributed by atoms with van der Waals surface area (Å²) in [6, 6.07) is 11.7. The van der Waals surface area contributed by atoms with Crippen LogP contribution in [0.3, 0.4) is 0 Å². The lowest BCUT2D eigenvalue weighted by Gasteiger charge is -2.25. The highest BCUT2D eigenvalue weighted by molar-refractivity contribution is 7.10. The monoisotopic (exact) mass is 370 g/mol. The van der Waals surface area contributed by atoms with E-state index < -0.39 is 0 Å². The molecule has 2 aromatic rings. The van der Waals surface area contributed by atoms with Gasteiger partial charge < -0.3 is 10.6 Å². The summed E-state index contributed by atoms with van der Waals surface area (Å²) in [5.41, 5.74) is 1.06. The van der Waals surface area contributed by atoms with Gasteiger partial charge in [-0.1, -0.05) is 29.8 Å². The van der Waals surface area contributed by atoms with E-state index >= 15 is 0 Å². The molecule has 1 aromatic heterocycles. The summed E-state index contributed by atoms with van der Waals surface area (Å²) in [6.07, 6.45) is 1.81. The van der Waals surface area contributed by atoms with Crippen LogP contribution in [0.25, 0.3) is 0 Å². The molecule has 3 rings (SSSR count). The highest BCUT2D eigenvalue weighted by Crippen LogP contribution is 2.28. The van der Waals surface area contributed by atoms with Gasteiger partial charge in [0.25, 0.3) is 0 Å². The number of halogens is 2.